The highest BCUT2D eigenvalue weighted by atomic mass is 32.1. The summed E-state index contributed by atoms with van der Waals surface area (Å²) in [4.78, 5) is 12.5. The van der Waals surface area contributed by atoms with Gasteiger partial charge in [0.2, 0.25) is 5.91 Å². The van der Waals surface area contributed by atoms with Crippen LogP contribution in [0.2, 0.25) is 0 Å². The Bertz CT molecular complexity index is 813. The van der Waals surface area contributed by atoms with Crippen molar-refractivity contribution in [2.75, 3.05) is 6.54 Å². The Balaban J connectivity index is 1.59. The topological polar surface area (TPSA) is 49.3 Å². The molecule has 0 unspecified atom stereocenters. The van der Waals surface area contributed by atoms with Gasteiger partial charge in [-0.2, -0.15) is 11.3 Å². The van der Waals surface area contributed by atoms with Crippen LogP contribution in [0.4, 0.5) is 0 Å². The van der Waals surface area contributed by atoms with Gasteiger partial charge in [-0.1, -0.05) is 61.5 Å². The molecule has 3 rings (SSSR count). The molecule has 1 aromatic heterocycles. The summed E-state index contributed by atoms with van der Waals surface area (Å²) in [6.07, 6.45) is 0.00475. The molecule has 0 aliphatic heterocycles. The van der Waals surface area contributed by atoms with E-state index in [0.717, 1.165) is 23.1 Å². The van der Waals surface area contributed by atoms with E-state index in [1.165, 1.54) is 5.56 Å². The highest BCUT2D eigenvalue weighted by Gasteiger charge is 2.19. The predicted molar refractivity (Wildman–Crippen MR) is 107 cm³/mol. The van der Waals surface area contributed by atoms with Gasteiger partial charge in [-0.05, 0) is 45.5 Å². The minimum atomic E-state index is -0.719. The standard InChI is InChI=1S/C22H23NO2S/c1-2-20(17-6-4-3-5-7-17)22(25)23-14-21(24)18-10-8-16(9-11-18)19-12-13-26-15-19/h3-13,15,20-21,24H,2,14H2,1H3,(H,23,25)/t20-,21+/m0/s1. The van der Waals surface area contributed by atoms with Crippen LogP contribution in [0.5, 0.6) is 0 Å². The number of hydrogen-bond acceptors (Lipinski definition) is 3. The second kappa shape index (κ2) is 8.79. The molecule has 3 nitrogen and oxygen atoms in total. The van der Waals surface area contributed by atoms with E-state index in [0.29, 0.717) is 0 Å². The molecule has 1 heterocycles. The van der Waals surface area contributed by atoms with Gasteiger partial charge in [0, 0.05) is 6.54 Å². The molecule has 0 spiro atoms. The molecular formula is C22H23NO2S. The number of hydrogen-bond donors (Lipinski definition) is 2. The number of aliphatic hydroxyl groups is 1. The Hall–Kier alpha value is -2.43. The number of nitrogens with one attached hydrogen (secondary N) is 1. The van der Waals surface area contributed by atoms with Gasteiger partial charge in [0.1, 0.15) is 0 Å². The average Bonchev–Trinajstić information content (AvgIpc) is 3.22. The number of benzene rings is 2. The molecule has 134 valence electrons. The third-order valence-electron chi connectivity index (χ3n) is 4.55. The van der Waals surface area contributed by atoms with E-state index in [2.05, 4.69) is 16.8 Å². The first kappa shape index (κ1) is 18.4. The molecule has 0 saturated heterocycles. The molecule has 0 fully saturated rings. The highest BCUT2D eigenvalue weighted by molar-refractivity contribution is 7.08. The van der Waals surface area contributed by atoms with Gasteiger partial charge in [0.05, 0.1) is 12.0 Å². The first-order valence-corrected chi connectivity index (χ1v) is 9.76. The van der Waals surface area contributed by atoms with E-state index in [1.807, 2.05) is 66.9 Å². The molecule has 2 aromatic carbocycles. The van der Waals surface area contributed by atoms with Crippen LogP contribution >= 0.6 is 11.3 Å². The van der Waals surface area contributed by atoms with Gasteiger partial charge in [-0.25, -0.2) is 0 Å². The van der Waals surface area contributed by atoms with Gasteiger partial charge in [0.15, 0.2) is 0 Å². The molecule has 0 radical (unpaired) electrons. The normalized spacial score (nSPS) is 13.2. The van der Waals surface area contributed by atoms with Gasteiger partial charge in [-0.3, -0.25) is 4.79 Å². The van der Waals surface area contributed by atoms with Crippen molar-refractivity contribution >= 4 is 17.2 Å². The second-order valence-electron chi connectivity index (χ2n) is 6.27. The number of amides is 1. The molecule has 0 aliphatic rings. The fraction of sp³-hybridized carbons (Fsp3) is 0.227. The zero-order valence-corrected chi connectivity index (χ0v) is 15.6. The Labute approximate surface area is 158 Å². The van der Waals surface area contributed by atoms with Crippen molar-refractivity contribution < 1.29 is 9.90 Å². The first-order chi connectivity index (χ1) is 12.7. The average molecular weight is 365 g/mol. The SMILES string of the molecule is CC[C@H](C(=O)NC[C@@H](O)c1ccc(-c2ccsc2)cc1)c1ccccc1. The summed E-state index contributed by atoms with van der Waals surface area (Å²) >= 11 is 1.66. The molecule has 0 aliphatic carbocycles. The van der Waals surface area contributed by atoms with E-state index >= 15 is 0 Å². The number of rotatable bonds is 7. The molecule has 4 heteroatoms. The second-order valence-corrected chi connectivity index (χ2v) is 7.05. The quantitative estimate of drug-likeness (QED) is 0.634. The fourth-order valence-electron chi connectivity index (χ4n) is 3.02. The molecule has 2 N–H and O–H groups in total. The number of carbonyl (C=O) groups is 1. The molecule has 3 aromatic rings. The van der Waals surface area contributed by atoms with Crippen molar-refractivity contribution in [2.45, 2.75) is 25.4 Å². The van der Waals surface area contributed by atoms with Crippen LogP contribution in [0.3, 0.4) is 0 Å². The maximum absolute atomic E-state index is 12.5. The summed E-state index contributed by atoms with van der Waals surface area (Å²) in [6, 6.07) is 19.7. The van der Waals surface area contributed by atoms with Crippen LogP contribution in [-0.4, -0.2) is 17.6 Å². The third-order valence-corrected chi connectivity index (χ3v) is 5.23. The Morgan fingerprint density at radius 2 is 1.73 bits per heavy atom. The Kier molecular flexibility index (Phi) is 6.21. The largest absolute Gasteiger partial charge is 0.387 e. The van der Waals surface area contributed by atoms with Crippen molar-refractivity contribution in [3.05, 3.63) is 82.6 Å². The highest BCUT2D eigenvalue weighted by Crippen LogP contribution is 2.24. The van der Waals surface area contributed by atoms with Gasteiger partial charge >= 0.3 is 0 Å². The van der Waals surface area contributed by atoms with Crippen LogP contribution in [0, 0.1) is 0 Å². The lowest BCUT2D eigenvalue weighted by Gasteiger charge is -2.18. The summed E-state index contributed by atoms with van der Waals surface area (Å²) in [7, 11) is 0. The minimum Gasteiger partial charge on any atom is -0.387 e. The lowest BCUT2D eigenvalue weighted by atomic mass is 9.95. The number of carbonyl (C=O) groups excluding carboxylic acids is 1. The van der Waals surface area contributed by atoms with Crippen molar-refractivity contribution in [2.24, 2.45) is 0 Å². The number of thiophene rings is 1. The van der Waals surface area contributed by atoms with Crippen LogP contribution in [0.15, 0.2) is 71.4 Å². The summed E-state index contributed by atoms with van der Waals surface area (Å²) in [5, 5.41) is 17.4. The molecule has 0 saturated carbocycles. The summed E-state index contributed by atoms with van der Waals surface area (Å²) in [5.41, 5.74) is 4.11. The third kappa shape index (κ3) is 4.40. The van der Waals surface area contributed by atoms with Crippen LogP contribution < -0.4 is 5.32 Å². The lowest BCUT2D eigenvalue weighted by Crippen LogP contribution is -2.32. The summed E-state index contributed by atoms with van der Waals surface area (Å²) < 4.78 is 0. The lowest BCUT2D eigenvalue weighted by molar-refractivity contribution is -0.123. The van der Waals surface area contributed by atoms with Gasteiger partial charge in [0.25, 0.3) is 0 Å². The monoisotopic (exact) mass is 365 g/mol. The van der Waals surface area contributed by atoms with E-state index in [9.17, 15) is 9.90 Å². The van der Waals surface area contributed by atoms with Crippen molar-refractivity contribution in [1.29, 1.82) is 0 Å². The van der Waals surface area contributed by atoms with Crippen molar-refractivity contribution in [3.8, 4) is 11.1 Å². The smallest absolute Gasteiger partial charge is 0.227 e. The molecule has 2 atom stereocenters. The zero-order valence-electron chi connectivity index (χ0n) is 14.8. The Morgan fingerprint density at radius 3 is 2.35 bits per heavy atom. The minimum absolute atomic E-state index is 0.0485. The van der Waals surface area contributed by atoms with Crippen LogP contribution in [0.25, 0.3) is 11.1 Å². The Morgan fingerprint density at radius 1 is 1.00 bits per heavy atom. The van der Waals surface area contributed by atoms with Crippen LogP contribution in [0.1, 0.15) is 36.5 Å². The maximum Gasteiger partial charge on any atom is 0.227 e. The zero-order chi connectivity index (χ0) is 18.4. The van der Waals surface area contributed by atoms with Crippen molar-refractivity contribution in [1.82, 2.24) is 5.32 Å². The van der Waals surface area contributed by atoms with E-state index in [1.54, 1.807) is 11.3 Å². The summed E-state index contributed by atoms with van der Waals surface area (Å²) in [5.74, 6) is -0.239. The van der Waals surface area contributed by atoms with Gasteiger partial charge in [-0.15, -0.1) is 0 Å². The van der Waals surface area contributed by atoms with E-state index < -0.39 is 6.10 Å². The first-order valence-electron chi connectivity index (χ1n) is 8.82. The molecular weight excluding hydrogens is 342 g/mol. The maximum atomic E-state index is 12.5. The molecule has 26 heavy (non-hydrogen) atoms. The van der Waals surface area contributed by atoms with Crippen molar-refractivity contribution in [3.63, 3.8) is 0 Å². The van der Waals surface area contributed by atoms with E-state index in [-0.39, 0.29) is 18.4 Å². The molecule has 1 amide bonds. The molecule has 0 bridgehead atoms. The van der Waals surface area contributed by atoms with Crippen LogP contribution in [-0.2, 0) is 4.79 Å². The van der Waals surface area contributed by atoms with E-state index in [4.69, 9.17) is 0 Å². The summed E-state index contributed by atoms with van der Waals surface area (Å²) in [6.45, 7) is 2.21. The fourth-order valence-corrected chi connectivity index (χ4v) is 3.69. The number of aliphatic hydroxyl groups excluding tert-OH is 1. The van der Waals surface area contributed by atoms with Gasteiger partial charge < -0.3 is 10.4 Å². The predicted octanol–water partition coefficient (Wildman–Crippen LogP) is 4.76.